The molecule has 0 saturated carbocycles. The average molecular weight is 334 g/mol. The van der Waals surface area contributed by atoms with Gasteiger partial charge in [0.05, 0.1) is 0 Å². The van der Waals surface area contributed by atoms with Gasteiger partial charge < -0.3 is 0 Å². The second-order valence-corrected chi connectivity index (χ2v) is 6.73. The van der Waals surface area contributed by atoms with Gasteiger partial charge in [0.15, 0.2) is 0 Å². The maximum absolute atomic E-state index is 5.98. The van der Waals surface area contributed by atoms with Gasteiger partial charge in [-0.2, -0.15) is 10.2 Å². The molecule has 2 aromatic rings. The van der Waals surface area contributed by atoms with Crippen LogP contribution < -0.4 is 0 Å². The number of nitrogens with zero attached hydrogens (tertiary/aromatic N) is 3. The number of rotatable bonds is 3. The molecule has 22 heavy (non-hydrogen) atoms. The van der Waals surface area contributed by atoms with Crippen LogP contribution >= 0.6 is 23.2 Å². The molecule has 1 aliphatic rings. The van der Waals surface area contributed by atoms with Crippen LogP contribution in [0.4, 0.5) is 0 Å². The van der Waals surface area contributed by atoms with Crippen molar-refractivity contribution in [2.24, 2.45) is 22.1 Å². The van der Waals surface area contributed by atoms with Gasteiger partial charge in [-0.1, -0.05) is 55.2 Å². The summed E-state index contributed by atoms with van der Waals surface area (Å²) < 4.78 is 0. The zero-order chi connectivity index (χ0) is 15.7. The molecule has 3 unspecified atom stereocenters. The zero-order valence-corrected chi connectivity index (χ0v) is 14.0. The minimum absolute atomic E-state index is 0.0189. The normalized spacial score (nSPS) is 24.1. The molecule has 0 fully saturated rings. The molecule has 0 aliphatic carbocycles. The summed E-state index contributed by atoms with van der Waals surface area (Å²) in [6.45, 7) is 4.42. The van der Waals surface area contributed by atoms with Crippen molar-refractivity contribution in [3.8, 4) is 0 Å². The molecule has 5 heteroatoms. The molecule has 1 aromatic heterocycles. The van der Waals surface area contributed by atoms with E-state index >= 15 is 0 Å². The highest BCUT2D eigenvalue weighted by Gasteiger charge is 2.38. The summed E-state index contributed by atoms with van der Waals surface area (Å²) >= 11 is 11.9. The van der Waals surface area contributed by atoms with Crippen LogP contribution in [0.2, 0.25) is 10.2 Å². The lowest BCUT2D eigenvalue weighted by molar-refractivity contribution is 0.313. The van der Waals surface area contributed by atoms with Crippen molar-refractivity contribution in [3.05, 3.63) is 63.9 Å². The number of aromatic nitrogens is 1. The first-order chi connectivity index (χ1) is 10.6. The second-order valence-electron chi connectivity index (χ2n) is 5.91. The Labute approximate surface area is 140 Å². The van der Waals surface area contributed by atoms with Gasteiger partial charge in [0.25, 0.3) is 0 Å². The number of benzene rings is 1. The van der Waals surface area contributed by atoms with E-state index in [-0.39, 0.29) is 12.1 Å². The van der Waals surface area contributed by atoms with Crippen molar-refractivity contribution in [1.29, 1.82) is 0 Å². The van der Waals surface area contributed by atoms with E-state index in [1.54, 1.807) is 12.3 Å². The van der Waals surface area contributed by atoms with Crippen LogP contribution in [-0.4, -0.2) is 4.98 Å². The molecule has 114 valence electrons. The Morgan fingerprint density at radius 3 is 2.00 bits per heavy atom. The molecule has 0 amide bonds. The molecule has 0 radical (unpaired) electrons. The van der Waals surface area contributed by atoms with Crippen molar-refractivity contribution in [2.45, 2.75) is 25.9 Å². The van der Waals surface area contributed by atoms with Crippen LogP contribution in [-0.2, 0) is 0 Å². The summed E-state index contributed by atoms with van der Waals surface area (Å²) in [5.41, 5.74) is 2.21. The molecule has 1 aliphatic heterocycles. The van der Waals surface area contributed by atoms with E-state index in [0.29, 0.717) is 17.0 Å². The largest absolute Gasteiger partial charge is 0.244 e. The van der Waals surface area contributed by atoms with E-state index in [9.17, 15) is 0 Å². The van der Waals surface area contributed by atoms with Gasteiger partial charge in [-0.3, -0.25) is 0 Å². The molecule has 1 aromatic carbocycles. The Hall–Kier alpha value is -1.45. The minimum Gasteiger partial charge on any atom is -0.244 e. The van der Waals surface area contributed by atoms with Crippen LogP contribution in [0, 0.1) is 11.8 Å². The van der Waals surface area contributed by atoms with E-state index in [4.69, 9.17) is 23.2 Å². The van der Waals surface area contributed by atoms with Gasteiger partial charge in [-0.15, -0.1) is 0 Å². The fraction of sp³-hybridized carbons (Fsp3) is 0.353. The fourth-order valence-electron chi connectivity index (χ4n) is 3.00. The molecule has 0 bridgehead atoms. The van der Waals surface area contributed by atoms with Gasteiger partial charge in [0.2, 0.25) is 0 Å². The van der Waals surface area contributed by atoms with Crippen molar-refractivity contribution in [1.82, 2.24) is 4.98 Å². The maximum Gasteiger partial charge on any atom is 0.129 e. The topological polar surface area (TPSA) is 37.6 Å². The zero-order valence-electron chi connectivity index (χ0n) is 12.4. The summed E-state index contributed by atoms with van der Waals surface area (Å²) in [6.07, 6.45) is 1.80. The SMILES string of the molecule is CC(C)C1C(c2ccc(Cl)cc2)N=NC1c1ccc(Cl)nc1. The van der Waals surface area contributed by atoms with Gasteiger partial charge in [-0.25, -0.2) is 4.98 Å². The molecule has 2 heterocycles. The average Bonchev–Trinajstić information content (AvgIpc) is 2.94. The Balaban J connectivity index is 1.92. The standard InChI is InChI=1S/C17H17Cl2N3/c1-10(2)15-16(11-3-6-13(18)7-4-11)21-22-17(15)12-5-8-14(19)20-9-12/h3-10,15-17H,1-2H3. The van der Waals surface area contributed by atoms with Crippen LogP contribution in [0.1, 0.15) is 37.1 Å². The van der Waals surface area contributed by atoms with Crippen molar-refractivity contribution >= 4 is 23.2 Å². The third-order valence-electron chi connectivity index (χ3n) is 4.12. The van der Waals surface area contributed by atoms with E-state index in [0.717, 1.165) is 16.1 Å². The van der Waals surface area contributed by atoms with Crippen LogP contribution in [0.15, 0.2) is 52.8 Å². The lowest BCUT2D eigenvalue weighted by Crippen LogP contribution is -2.19. The minimum atomic E-state index is 0.0189. The number of halogens is 2. The first kappa shape index (κ1) is 15.4. The Morgan fingerprint density at radius 2 is 1.45 bits per heavy atom. The van der Waals surface area contributed by atoms with Gasteiger partial charge in [0, 0.05) is 17.1 Å². The smallest absolute Gasteiger partial charge is 0.129 e. The predicted molar refractivity (Wildman–Crippen MR) is 89.4 cm³/mol. The Kier molecular flexibility index (Phi) is 4.46. The van der Waals surface area contributed by atoms with Gasteiger partial charge in [0.1, 0.15) is 17.2 Å². The van der Waals surface area contributed by atoms with E-state index in [1.165, 1.54) is 0 Å². The van der Waals surface area contributed by atoms with Crippen LogP contribution in [0.3, 0.4) is 0 Å². The fourth-order valence-corrected chi connectivity index (χ4v) is 3.24. The molecule has 0 N–H and O–H groups in total. The summed E-state index contributed by atoms with van der Waals surface area (Å²) in [7, 11) is 0. The number of azo groups is 1. The Bertz CT molecular complexity index is 610. The first-order valence-corrected chi connectivity index (χ1v) is 8.08. The third-order valence-corrected chi connectivity index (χ3v) is 4.59. The number of pyridine rings is 1. The second kappa shape index (κ2) is 6.35. The molecule has 3 rings (SSSR count). The lowest BCUT2D eigenvalue weighted by atomic mass is 9.79. The summed E-state index contributed by atoms with van der Waals surface area (Å²) in [6, 6.07) is 11.7. The van der Waals surface area contributed by atoms with Crippen LogP contribution in [0.5, 0.6) is 0 Å². The Morgan fingerprint density at radius 1 is 0.864 bits per heavy atom. The lowest BCUT2D eigenvalue weighted by Gasteiger charge is -2.25. The van der Waals surface area contributed by atoms with E-state index in [1.807, 2.05) is 30.3 Å². The molecule has 0 spiro atoms. The van der Waals surface area contributed by atoms with Crippen molar-refractivity contribution in [3.63, 3.8) is 0 Å². The summed E-state index contributed by atoms with van der Waals surface area (Å²) in [5.74, 6) is 0.737. The third kappa shape index (κ3) is 3.01. The van der Waals surface area contributed by atoms with E-state index < -0.39 is 0 Å². The molecule has 0 saturated heterocycles. The molecule has 3 atom stereocenters. The molecule has 3 nitrogen and oxygen atoms in total. The van der Waals surface area contributed by atoms with Gasteiger partial charge in [-0.05, 0) is 35.2 Å². The monoisotopic (exact) mass is 333 g/mol. The predicted octanol–water partition coefficient (Wildman–Crippen LogP) is 5.91. The summed E-state index contributed by atoms with van der Waals surface area (Å²) in [5, 5.41) is 10.3. The van der Waals surface area contributed by atoms with Gasteiger partial charge >= 0.3 is 0 Å². The van der Waals surface area contributed by atoms with Crippen molar-refractivity contribution < 1.29 is 0 Å². The van der Waals surface area contributed by atoms with E-state index in [2.05, 4.69) is 29.1 Å². The highest BCUT2D eigenvalue weighted by Crippen LogP contribution is 2.47. The summed E-state index contributed by atoms with van der Waals surface area (Å²) in [4.78, 5) is 4.17. The highest BCUT2D eigenvalue weighted by atomic mass is 35.5. The number of hydrogen-bond acceptors (Lipinski definition) is 3. The highest BCUT2D eigenvalue weighted by molar-refractivity contribution is 6.30. The maximum atomic E-state index is 5.98. The molecular weight excluding hydrogens is 317 g/mol. The molecular formula is C17H17Cl2N3. The number of hydrogen-bond donors (Lipinski definition) is 0. The van der Waals surface area contributed by atoms with Crippen molar-refractivity contribution in [2.75, 3.05) is 0 Å². The first-order valence-electron chi connectivity index (χ1n) is 7.33. The van der Waals surface area contributed by atoms with Crippen LogP contribution in [0.25, 0.3) is 0 Å². The quantitative estimate of drug-likeness (QED) is 0.643.